The third-order valence-electron chi connectivity index (χ3n) is 2.32. The second kappa shape index (κ2) is 4.79. The zero-order valence-electron chi connectivity index (χ0n) is 9.33. The molecule has 2 rings (SSSR count). The van der Waals surface area contributed by atoms with Crippen molar-refractivity contribution >= 4 is 11.5 Å². The number of rotatable bonds is 4. The number of aromatic nitrogens is 2. The monoisotopic (exact) mass is 251 g/mol. The predicted octanol–water partition coefficient (Wildman–Crippen LogP) is 1.60. The van der Waals surface area contributed by atoms with Crippen LogP contribution in [0.15, 0.2) is 29.6 Å². The van der Waals surface area contributed by atoms with Crippen LogP contribution in [0.2, 0.25) is 0 Å². The van der Waals surface area contributed by atoms with Crippen LogP contribution in [0.4, 0.5) is 0 Å². The number of nitrogens with zero attached hydrogens (tertiary/aromatic N) is 2. The molecule has 0 saturated carbocycles. The Balaban J connectivity index is 2.35. The number of hydrogen-bond acceptors (Lipinski definition) is 6. The lowest BCUT2D eigenvalue weighted by molar-refractivity contribution is -0.133. The number of benzene rings is 1. The van der Waals surface area contributed by atoms with Gasteiger partial charge in [-0.1, -0.05) is 23.5 Å². The molecule has 0 amide bonds. The molecule has 1 atom stereocenters. The number of hydrogen-bond donors (Lipinski definition) is 2. The van der Waals surface area contributed by atoms with E-state index in [9.17, 15) is 5.11 Å². The summed E-state index contributed by atoms with van der Waals surface area (Å²) >= 11 is 1.26. The molecule has 0 spiro atoms. The van der Waals surface area contributed by atoms with Crippen molar-refractivity contribution in [3.05, 3.63) is 29.6 Å². The maximum atomic E-state index is 9.72. The van der Waals surface area contributed by atoms with Crippen LogP contribution in [0.1, 0.15) is 13.3 Å². The van der Waals surface area contributed by atoms with Crippen molar-refractivity contribution in [2.75, 3.05) is 0 Å². The quantitative estimate of drug-likeness (QED) is 0.807. The van der Waals surface area contributed by atoms with E-state index in [4.69, 9.17) is 10.5 Å². The smallest absolute Gasteiger partial charge is 0.265 e. The highest BCUT2D eigenvalue weighted by molar-refractivity contribution is 7.03. The van der Waals surface area contributed by atoms with E-state index in [2.05, 4.69) is 9.59 Å². The highest BCUT2D eigenvalue weighted by atomic mass is 32.1. The molecule has 0 fully saturated rings. The van der Waals surface area contributed by atoms with Gasteiger partial charge in [0.25, 0.3) is 5.91 Å². The summed E-state index contributed by atoms with van der Waals surface area (Å²) in [5, 5.41) is 15.5. The first-order chi connectivity index (χ1) is 8.12. The minimum absolute atomic E-state index is 0.288. The number of nitrogens with two attached hydrogens (primary N) is 1. The Bertz CT molecular complexity index is 485. The molecule has 0 radical (unpaired) electrons. The predicted molar refractivity (Wildman–Crippen MR) is 65.4 cm³/mol. The molecule has 0 bridgehead atoms. The molecule has 0 aliphatic heterocycles. The first-order valence-corrected chi connectivity index (χ1v) is 6.03. The summed E-state index contributed by atoms with van der Waals surface area (Å²) in [5.74, 6) is -1.17. The molecule has 0 aliphatic rings. The molecule has 17 heavy (non-hydrogen) atoms. The van der Waals surface area contributed by atoms with Crippen LogP contribution >= 0.6 is 11.5 Å². The summed E-state index contributed by atoms with van der Waals surface area (Å²) in [4.78, 5) is 0. The normalized spacial score (nSPS) is 14.3. The van der Waals surface area contributed by atoms with E-state index in [1.165, 1.54) is 11.5 Å². The molecule has 1 aromatic heterocycles. The SMILES string of the molecule is CCC(N)(O)Oc1ccccc1-c1csnn1. The van der Waals surface area contributed by atoms with E-state index in [1.54, 1.807) is 13.0 Å². The topological polar surface area (TPSA) is 81.3 Å². The maximum absolute atomic E-state index is 9.72. The van der Waals surface area contributed by atoms with Crippen molar-refractivity contribution < 1.29 is 9.84 Å². The summed E-state index contributed by atoms with van der Waals surface area (Å²) in [7, 11) is 0. The van der Waals surface area contributed by atoms with E-state index < -0.39 is 5.91 Å². The van der Waals surface area contributed by atoms with Gasteiger partial charge in [-0.15, -0.1) is 5.10 Å². The summed E-state index contributed by atoms with van der Waals surface area (Å²) < 4.78 is 9.17. The van der Waals surface area contributed by atoms with Crippen LogP contribution in [0.3, 0.4) is 0 Å². The lowest BCUT2D eigenvalue weighted by atomic mass is 10.1. The van der Waals surface area contributed by atoms with Crippen LogP contribution < -0.4 is 10.5 Å². The summed E-state index contributed by atoms with van der Waals surface area (Å²) in [6.45, 7) is 1.74. The molecule has 1 unspecified atom stereocenters. The van der Waals surface area contributed by atoms with Crippen molar-refractivity contribution in [3.63, 3.8) is 0 Å². The Morgan fingerprint density at radius 3 is 2.88 bits per heavy atom. The van der Waals surface area contributed by atoms with Gasteiger partial charge in [0.15, 0.2) is 0 Å². The molecular weight excluding hydrogens is 238 g/mol. The molecule has 2 aromatic rings. The molecule has 1 heterocycles. The average Bonchev–Trinajstić information content (AvgIpc) is 2.83. The van der Waals surface area contributed by atoms with E-state index in [-0.39, 0.29) is 6.42 Å². The van der Waals surface area contributed by atoms with Gasteiger partial charge in [-0.05, 0) is 23.7 Å². The van der Waals surface area contributed by atoms with Gasteiger partial charge in [-0.2, -0.15) is 0 Å². The van der Waals surface area contributed by atoms with Crippen LogP contribution in [0, 0.1) is 0 Å². The minimum Gasteiger partial charge on any atom is -0.449 e. The van der Waals surface area contributed by atoms with Crippen molar-refractivity contribution in [2.24, 2.45) is 5.73 Å². The van der Waals surface area contributed by atoms with E-state index in [1.807, 2.05) is 23.6 Å². The standard InChI is InChI=1S/C11H13N3O2S/c1-2-11(12,15)16-10-6-4-3-5-8(10)9-7-17-14-13-9/h3-7,15H,2,12H2,1H3. The van der Waals surface area contributed by atoms with Crippen LogP contribution in [0.25, 0.3) is 11.3 Å². The Hall–Kier alpha value is -1.50. The summed E-state index contributed by atoms with van der Waals surface area (Å²) in [6, 6.07) is 7.26. The van der Waals surface area contributed by atoms with Gasteiger partial charge in [0.1, 0.15) is 11.4 Å². The highest BCUT2D eigenvalue weighted by Crippen LogP contribution is 2.30. The maximum Gasteiger partial charge on any atom is 0.265 e. The number of para-hydroxylation sites is 1. The van der Waals surface area contributed by atoms with Crippen LogP contribution in [-0.2, 0) is 0 Å². The lowest BCUT2D eigenvalue weighted by Gasteiger charge is -2.23. The molecule has 3 N–H and O–H groups in total. The molecule has 6 heteroatoms. The Kier molecular flexibility index (Phi) is 3.37. The van der Waals surface area contributed by atoms with Crippen LogP contribution in [-0.4, -0.2) is 20.6 Å². The third kappa shape index (κ3) is 2.79. The molecule has 0 aliphatic carbocycles. The van der Waals surface area contributed by atoms with E-state index >= 15 is 0 Å². The van der Waals surface area contributed by atoms with Gasteiger partial charge in [0.05, 0.1) is 0 Å². The number of aliphatic hydroxyl groups is 1. The van der Waals surface area contributed by atoms with Crippen molar-refractivity contribution in [2.45, 2.75) is 19.3 Å². The first kappa shape index (κ1) is 12.0. The summed E-state index contributed by atoms with van der Waals surface area (Å²) in [5.41, 5.74) is 7.04. The van der Waals surface area contributed by atoms with Gasteiger partial charge in [0, 0.05) is 17.4 Å². The first-order valence-electron chi connectivity index (χ1n) is 5.19. The second-order valence-electron chi connectivity index (χ2n) is 3.59. The van der Waals surface area contributed by atoms with E-state index in [0.29, 0.717) is 11.4 Å². The minimum atomic E-state index is -1.67. The fraction of sp³-hybridized carbons (Fsp3) is 0.273. The van der Waals surface area contributed by atoms with E-state index in [0.717, 1.165) is 5.56 Å². The summed E-state index contributed by atoms with van der Waals surface area (Å²) in [6.07, 6.45) is 0.288. The van der Waals surface area contributed by atoms with Gasteiger partial charge < -0.3 is 9.84 Å². The highest BCUT2D eigenvalue weighted by Gasteiger charge is 2.22. The fourth-order valence-corrected chi connectivity index (χ4v) is 1.77. The van der Waals surface area contributed by atoms with Gasteiger partial charge in [-0.25, -0.2) is 0 Å². The molecular formula is C11H13N3O2S. The zero-order chi connectivity index (χ0) is 12.3. The van der Waals surface area contributed by atoms with Crippen LogP contribution in [0.5, 0.6) is 5.75 Å². The Morgan fingerprint density at radius 1 is 1.47 bits per heavy atom. The van der Waals surface area contributed by atoms with Crippen molar-refractivity contribution in [1.29, 1.82) is 0 Å². The molecule has 0 saturated heterocycles. The largest absolute Gasteiger partial charge is 0.449 e. The fourth-order valence-electron chi connectivity index (χ4n) is 1.31. The Morgan fingerprint density at radius 2 is 2.24 bits per heavy atom. The van der Waals surface area contributed by atoms with Crippen molar-refractivity contribution in [3.8, 4) is 17.0 Å². The molecule has 90 valence electrons. The molecule has 1 aromatic carbocycles. The average molecular weight is 251 g/mol. The zero-order valence-corrected chi connectivity index (χ0v) is 10.1. The number of ether oxygens (including phenoxy) is 1. The lowest BCUT2D eigenvalue weighted by Crippen LogP contribution is -2.45. The van der Waals surface area contributed by atoms with Gasteiger partial charge in [0.2, 0.25) is 0 Å². The third-order valence-corrected chi connectivity index (χ3v) is 2.82. The second-order valence-corrected chi connectivity index (χ2v) is 4.20. The van der Waals surface area contributed by atoms with Gasteiger partial charge in [-0.3, -0.25) is 5.73 Å². The Labute approximate surface area is 103 Å². The van der Waals surface area contributed by atoms with Crippen molar-refractivity contribution in [1.82, 2.24) is 9.59 Å². The van der Waals surface area contributed by atoms with Gasteiger partial charge >= 0.3 is 0 Å². The molecule has 5 nitrogen and oxygen atoms in total.